The van der Waals surface area contributed by atoms with Gasteiger partial charge in [0.25, 0.3) is 0 Å². The van der Waals surface area contributed by atoms with Crippen molar-refractivity contribution in [3.05, 3.63) is 51.2 Å². The SMILES string of the molecule is Cl.NC1=NC(c2cccs2)Nc2cccc(Cl)c21. The lowest BCUT2D eigenvalue weighted by Crippen LogP contribution is -2.25. The van der Waals surface area contributed by atoms with Gasteiger partial charge in [0.2, 0.25) is 0 Å². The van der Waals surface area contributed by atoms with Gasteiger partial charge in [-0.15, -0.1) is 23.7 Å². The molecule has 1 aliphatic rings. The summed E-state index contributed by atoms with van der Waals surface area (Å²) in [7, 11) is 0. The minimum absolute atomic E-state index is 0. The Kier molecular flexibility index (Phi) is 3.80. The molecule has 0 saturated heterocycles. The van der Waals surface area contributed by atoms with Gasteiger partial charge in [-0.05, 0) is 23.6 Å². The molecule has 94 valence electrons. The number of amidine groups is 1. The van der Waals surface area contributed by atoms with Gasteiger partial charge in [-0.2, -0.15) is 0 Å². The Hall–Kier alpha value is -1.23. The van der Waals surface area contributed by atoms with Crippen LogP contribution in [0.4, 0.5) is 5.69 Å². The molecule has 1 aromatic heterocycles. The van der Waals surface area contributed by atoms with Crippen LogP contribution < -0.4 is 11.1 Å². The van der Waals surface area contributed by atoms with E-state index in [1.165, 1.54) is 0 Å². The predicted molar refractivity (Wildman–Crippen MR) is 80.1 cm³/mol. The molecule has 2 heterocycles. The van der Waals surface area contributed by atoms with Gasteiger partial charge in [-0.25, -0.2) is 4.99 Å². The number of nitrogens with zero attached hydrogens (tertiary/aromatic N) is 1. The second-order valence-corrected chi connectivity index (χ2v) is 5.13. The maximum Gasteiger partial charge on any atom is 0.156 e. The number of nitrogens with one attached hydrogen (secondary N) is 1. The van der Waals surface area contributed by atoms with Gasteiger partial charge in [0.15, 0.2) is 6.17 Å². The second kappa shape index (κ2) is 5.18. The summed E-state index contributed by atoms with van der Waals surface area (Å²) >= 11 is 7.76. The Balaban J connectivity index is 0.00000120. The van der Waals surface area contributed by atoms with E-state index in [4.69, 9.17) is 17.3 Å². The normalized spacial score (nSPS) is 17.2. The van der Waals surface area contributed by atoms with Crippen LogP contribution in [0, 0.1) is 0 Å². The molecule has 1 aromatic carbocycles. The van der Waals surface area contributed by atoms with Crippen molar-refractivity contribution < 1.29 is 0 Å². The maximum atomic E-state index is 6.11. The summed E-state index contributed by atoms with van der Waals surface area (Å²) < 4.78 is 0. The molecule has 2 aromatic rings. The van der Waals surface area contributed by atoms with Crippen molar-refractivity contribution >= 4 is 46.9 Å². The summed E-state index contributed by atoms with van der Waals surface area (Å²) in [5.74, 6) is 0.489. The zero-order chi connectivity index (χ0) is 11.8. The van der Waals surface area contributed by atoms with Crippen LogP contribution in [0.15, 0.2) is 40.7 Å². The van der Waals surface area contributed by atoms with Crippen LogP contribution in [0.3, 0.4) is 0 Å². The molecule has 18 heavy (non-hydrogen) atoms. The lowest BCUT2D eigenvalue weighted by molar-refractivity contribution is 0.844. The van der Waals surface area contributed by atoms with E-state index < -0.39 is 0 Å². The first-order valence-corrected chi connectivity index (χ1v) is 6.43. The van der Waals surface area contributed by atoms with E-state index in [9.17, 15) is 0 Å². The first kappa shape index (κ1) is 13.2. The van der Waals surface area contributed by atoms with E-state index in [0.29, 0.717) is 10.9 Å². The topological polar surface area (TPSA) is 50.4 Å². The van der Waals surface area contributed by atoms with E-state index in [-0.39, 0.29) is 18.6 Å². The fourth-order valence-electron chi connectivity index (χ4n) is 1.87. The van der Waals surface area contributed by atoms with E-state index in [2.05, 4.69) is 10.3 Å². The number of thiophene rings is 1. The molecular weight excluding hydrogens is 289 g/mol. The van der Waals surface area contributed by atoms with Crippen molar-refractivity contribution in [2.75, 3.05) is 5.32 Å². The monoisotopic (exact) mass is 299 g/mol. The van der Waals surface area contributed by atoms with Gasteiger partial charge in [-0.1, -0.05) is 23.7 Å². The molecule has 1 atom stereocenters. The molecule has 1 aliphatic heterocycles. The van der Waals surface area contributed by atoms with Crippen LogP contribution in [0.25, 0.3) is 0 Å². The van der Waals surface area contributed by atoms with E-state index in [1.807, 2.05) is 35.7 Å². The Bertz CT molecular complexity index is 581. The summed E-state index contributed by atoms with van der Waals surface area (Å²) in [5.41, 5.74) is 7.70. The van der Waals surface area contributed by atoms with Crippen molar-refractivity contribution in [1.29, 1.82) is 0 Å². The number of hydrogen-bond donors (Lipinski definition) is 2. The highest BCUT2D eigenvalue weighted by Gasteiger charge is 2.22. The largest absolute Gasteiger partial charge is 0.383 e. The summed E-state index contributed by atoms with van der Waals surface area (Å²) in [4.78, 5) is 5.57. The summed E-state index contributed by atoms with van der Waals surface area (Å²) in [6.45, 7) is 0. The summed E-state index contributed by atoms with van der Waals surface area (Å²) in [6.07, 6.45) is -0.110. The highest BCUT2D eigenvalue weighted by molar-refractivity contribution is 7.10. The third-order valence-electron chi connectivity index (χ3n) is 2.64. The molecule has 1 unspecified atom stereocenters. The predicted octanol–water partition coefficient (Wildman–Crippen LogP) is 3.65. The second-order valence-electron chi connectivity index (χ2n) is 3.74. The number of benzene rings is 1. The Morgan fingerprint density at radius 1 is 1.28 bits per heavy atom. The van der Waals surface area contributed by atoms with Crippen molar-refractivity contribution in [2.24, 2.45) is 10.7 Å². The molecule has 0 spiro atoms. The first-order chi connectivity index (χ1) is 8.25. The molecule has 6 heteroatoms. The number of anilines is 1. The van der Waals surface area contributed by atoms with Crippen LogP contribution in [0.2, 0.25) is 5.02 Å². The van der Waals surface area contributed by atoms with Gasteiger partial charge < -0.3 is 11.1 Å². The van der Waals surface area contributed by atoms with Crippen LogP contribution in [-0.4, -0.2) is 5.84 Å². The molecule has 3 rings (SSSR count). The van der Waals surface area contributed by atoms with Crippen molar-refractivity contribution in [3.8, 4) is 0 Å². The maximum absolute atomic E-state index is 6.11. The zero-order valence-corrected chi connectivity index (χ0v) is 11.6. The van der Waals surface area contributed by atoms with E-state index in [1.54, 1.807) is 11.3 Å². The summed E-state index contributed by atoms with van der Waals surface area (Å²) in [6, 6.07) is 9.72. The lowest BCUT2D eigenvalue weighted by Gasteiger charge is -2.23. The molecular formula is C12H11Cl2N3S. The van der Waals surface area contributed by atoms with Crippen LogP contribution in [-0.2, 0) is 0 Å². The van der Waals surface area contributed by atoms with Gasteiger partial charge in [0.1, 0.15) is 5.84 Å². The smallest absolute Gasteiger partial charge is 0.156 e. The molecule has 0 fully saturated rings. The van der Waals surface area contributed by atoms with Gasteiger partial charge in [0.05, 0.1) is 10.6 Å². The molecule has 3 nitrogen and oxygen atoms in total. The Morgan fingerprint density at radius 2 is 2.11 bits per heavy atom. The number of nitrogens with two attached hydrogens (primary N) is 1. The van der Waals surface area contributed by atoms with E-state index >= 15 is 0 Å². The Morgan fingerprint density at radius 3 is 2.83 bits per heavy atom. The fraction of sp³-hybridized carbons (Fsp3) is 0.0833. The summed E-state index contributed by atoms with van der Waals surface area (Å²) in [5, 5.41) is 5.98. The molecule has 0 amide bonds. The Labute approximate surface area is 120 Å². The van der Waals surface area contributed by atoms with Gasteiger partial charge in [0, 0.05) is 10.6 Å². The molecule has 0 saturated carbocycles. The van der Waals surface area contributed by atoms with Crippen LogP contribution in [0.5, 0.6) is 0 Å². The number of aliphatic imine (C=N–C) groups is 1. The average molecular weight is 300 g/mol. The minimum Gasteiger partial charge on any atom is -0.383 e. The fourth-order valence-corrected chi connectivity index (χ4v) is 2.85. The highest BCUT2D eigenvalue weighted by Crippen LogP contribution is 2.33. The number of hydrogen-bond acceptors (Lipinski definition) is 4. The minimum atomic E-state index is -0.110. The molecule has 0 bridgehead atoms. The van der Waals surface area contributed by atoms with Crippen LogP contribution >= 0.6 is 35.3 Å². The molecule has 0 aliphatic carbocycles. The standard InChI is InChI=1S/C12H10ClN3S.ClH/c13-7-3-1-4-8-10(7)11(14)16-12(15-8)9-5-2-6-17-9;/h1-6,12,15H,(H2,14,16);1H. The first-order valence-electron chi connectivity index (χ1n) is 5.18. The third-order valence-corrected chi connectivity index (χ3v) is 3.88. The van der Waals surface area contributed by atoms with Crippen molar-refractivity contribution in [2.45, 2.75) is 6.17 Å². The van der Waals surface area contributed by atoms with Crippen LogP contribution in [0.1, 0.15) is 16.6 Å². The van der Waals surface area contributed by atoms with E-state index in [0.717, 1.165) is 16.1 Å². The number of fused-ring (bicyclic) bond motifs is 1. The zero-order valence-electron chi connectivity index (χ0n) is 9.26. The van der Waals surface area contributed by atoms with Gasteiger partial charge in [-0.3, -0.25) is 0 Å². The quantitative estimate of drug-likeness (QED) is 0.844. The third kappa shape index (κ3) is 2.19. The molecule has 3 N–H and O–H groups in total. The number of halogens is 2. The van der Waals surface area contributed by atoms with Gasteiger partial charge >= 0.3 is 0 Å². The highest BCUT2D eigenvalue weighted by atomic mass is 35.5. The van der Waals surface area contributed by atoms with Crippen molar-refractivity contribution in [1.82, 2.24) is 0 Å². The number of rotatable bonds is 1. The van der Waals surface area contributed by atoms with Crippen molar-refractivity contribution in [3.63, 3.8) is 0 Å². The lowest BCUT2D eigenvalue weighted by atomic mass is 10.1. The average Bonchev–Trinajstić information content (AvgIpc) is 2.81. The molecule has 0 radical (unpaired) electrons.